The molecule has 24 heavy (non-hydrogen) atoms. The first-order chi connectivity index (χ1) is 11.3. The van der Waals surface area contributed by atoms with Crippen LogP contribution in [-0.4, -0.2) is 17.7 Å². The molecule has 2 rings (SSSR count). The summed E-state index contributed by atoms with van der Waals surface area (Å²) in [5.74, 6) is -0.259. The largest absolute Gasteiger partial charge is 0.342 e. The molecule has 0 heterocycles. The van der Waals surface area contributed by atoms with E-state index in [4.69, 9.17) is 0 Å². The highest BCUT2D eigenvalue weighted by Gasteiger charge is 2.19. The molecule has 2 aromatic carbocycles. The van der Waals surface area contributed by atoms with Crippen molar-refractivity contribution in [3.8, 4) is 0 Å². The number of carbonyl (C=O) groups is 2. The summed E-state index contributed by atoms with van der Waals surface area (Å²) in [6.45, 7) is 7.91. The summed E-state index contributed by atoms with van der Waals surface area (Å²) in [4.78, 5) is 24.3. The maximum absolute atomic E-state index is 12.4. The summed E-state index contributed by atoms with van der Waals surface area (Å²) in [5, 5.41) is 2.85. The molecule has 1 amide bonds. The molecule has 1 atom stereocenters. The fourth-order valence-corrected chi connectivity index (χ4v) is 2.51. The summed E-state index contributed by atoms with van der Waals surface area (Å²) in [7, 11) is 0. The number of ketones is 1. The molecule has 0 aliphatic carbocycles. The number of benzene rings is 2. The van der Waals surface area contributed by atoms with Gasteiger partial charge >= 0.3 is 0 Å². The summed E-state index contributed by atoms with van der Waals surface area (Å²) in [5.41, 5.74) is 2.82. The van der Waals surface area contributed by atoms with Gasteiger partial charge in [-0.2, -0.15) is 0 Å². The van der Waals surface area contributed by atoms with Crippen LogP contribution in [0.3, 0.4) is 0 Å². The number of carbonyl (C=O) groups excluding carboxylic acids is 2. The molecule has 3 nitrogen and oxygen atoms in total. The molecule has 0 bridgehead atoms. The molecule has 0 aromatic heterocycles. The molecule has 0 aliphatic rings. The number of nitrogens with one attached hydrogen (secondary N) is 1. The van der Waals surface area contributed by atoms with Gasteiger partial charge in [0.25, 0.3) is 5.91 Å². The van der Waals surface area contributed by atoms with Gasteiger partial charge in [-0.15, -0.1) is 0 Å². The third-order valence-electron chi connectivity index (χ3n) is 4.09. The predicted molar refractivity (Wildman–Crippen MR) is 97.2 cm³/mol. The third-order valence-corrected chi connectivity index (χ3v) is 4.09. The van der Waals surface area contributed by atoms with Gasteiger partial charge in [0.1, 0.15) is 0 Å². The smallest absolute Gasteiger partial charge is 0.251 e. The van der Waals surface area contributed by atoms with Crippen molar-refractivity contribution in [3.05, 3.63) is 71.3 Å². The van der Waals surface area contributed by atoms with Crippen LogP contribution in [0.25, 0.3) is 0 Å². The van der Waals surface area contributed by atoms with E-state index in [0.29, 0.717) is 12.0 Å². The molecule has 0 saturated heterocycles. The van der Waals surface area contributed by atoms with Crippen LogP contribution in [0, 0.1) is 0 Å². The molecule has 0 saturated carbocycles. The molecule has 126 valence electrons. The van der Waals surface area contributed by atoms with Crippen LogP contribution in [0.5, 0.6) is 0 Å². The van der Waals surface area contributed by atoms with E-state index >= 15 is 0 Å². The van der Waals surface area contributed by atoms with Crippen molar-refractivity contribution in [2.75, 3.05) is 0 Å². The Kier molecular flexibility index (Phi) is 5.55. The minimum atomic E-state index is -0.512. The van der Waals surface area contributed by atoms with Crippen LogP contribution in [0.4, 0.5) is 0 Å². The second-order valence-electron chi connectivity index (χ2n) is 7.15. The zero-order valence-electron chi connectivity index (χ0n) is 14.8. The molecular formula is C21H25NO2. The standard InChI is InChI=1S/C21H25NO2/c1-15(23)19(14-16-8-6-5-7-9-16)22-20(24)17-10-12-18(13-11-17)21(2,3)4/h5-13,19H,14H2,1-4H3,(H,22,24)/t19-/m0/s1. The maximum Gasteiger partial charge on any atom is 0.251 e. The molecule has 0 spiro atoms. The van der Waals surface area contributed by atoms with Crippen molar-refractivity contribution in [3.63, 3.8) is 0 Å². The number of amides is 1. The highest BCUT2D eigenvalue weighted by atomic mass is 16.2. The average Bonchev–Trinajstić information content (AvgIpc) is 2.54. The van der Waals surface area contributed by atoms with Gasteiger partial charge in [-0.25, -0.2) is 0 Å². The lowest BCUT2D eigenvalue weighted by Crippen LogP contribution is -2.41. The van der Waals surface area contributed by atoms with E-state index in [9.17, 15) is 9.59 Å². The molecular weight excluding hydrogens is 298 g/mol. The van der Waals surface area contributed by atoms with Gasteiger partial charge in [0, 0.05) is 5.56 Å². The van der Waals surface area contributed by atoms with E-state index in [1.807, 2.05) is 54.6 Å². The Morgan fingerprint density at radius 1 is 0.958 bits per heavy atom. The number of Topliss-reactive ketones (excluding diaryl/α,β-unsaturated/α-hetero) is 1. The second kappa shape index (κ2) is 7.43. The molecule has 2 aromatic rings. The van der Waals surface area contributed by atoms with E-state index in [0.717, 1.165) is 5.56 Å². The second-order valence-corrected chi connectivity index (χ2v) is 7.15. The predicted octanol–water partition coefficient (Wildman–Crippen LogP) is 3.91. The highest BCUT2D eigenvalue weighted by molar-refractivity contribution is 5.97. The Labute approximate surface area is 144 Å². The van der Waals surface area contributed by atoms with Crippen LogP contribution < -0.4 is 5.32 Å². The Hall–Kier alpha value is -2.42. The van der Waals surface area contributed by atoms with Gasteiger partial charge in [-0.3, -0.25) is 9.59 Å². The first-order valence-corrected chi connectivity index (χ1v) is 8.23. The number of rotatable bonds is 5. The van der Waals surface area contributed by atoms with E-state index in [1.165, 1.54) is 12.5 Å². The van der Waals surface area contributed by atoms with Crippen LogP contribution in [-0.2, 0) is 16.6 Å². The maximum atomic E-state index is 12.4. The van der Waals surface area contributed by atoms with Crippen LogP contribution in [0.1, 0.15) is 49.2 Å². The third kappa shape index (κ3) is 4.79. The van der Waals surface area contributed by atoms with Crippen LogP contribution in [0.2, 0.25) is 0 Å². The van der Waals surface area contributed by atoms with Crippen molar-refractivity contribution >= 4 is 11.7 Å². The first kappa shape index (κ1) is 17.9. The summed E-state index contributed by atoms with van der Waals surface area (Å²) in [6, 6.07) is 16.8. The van der Waals surface area contributed by atoms with Gasteiger partial charge in [0.2, 0.25) is 0 Å². The topological polar surface area (TPSA) is 46.2 Å². The van der Waals surface area contributed by atoms with Crippen molar-refractivity contribution in [1.29, 1.82) is 0 Å². The van der Waals surface area contributed by atoms with E-state index in [2.05, 4.69) is 26.1 Å². The molecule has 0 unspecified atom stereocenters. The van der Waals surface area contributed by atoms with Crippen molar-refractivity contribution in [2.24, 2.45) is 0 Å². The fourth-order valence-electron chi connectivity index (χ4n) is 2.51. The average molecular weight is 323 g/mol. The SMILES string of the molecule is CC(=O)[C@H](Cc1ccccc1)NC(=O)c1ccc(C(C)(C)C)cc1. The normalized spacial score (nSPS) is 12.5. The van der Waals surface area contributed by atoms with Gasteiger partial charge < -0.3 is 5.32 Å². The van der Waals surface area contributed by atoms with Gasteiger partial charge in [-0.1, -0.05) is 63.2 Å². The molecule has 3 heteroatoms. The van der Waals surface area contributed by atoms with Crippen molar-refractivity contribution < 1.29 is 9.59 Å². The lowest BCUT2D eigenvalue weighted by Gasteiger charge is -2.20. The Balaban J connectivity index is 2.09. The van der Waals surface area contributed by atoms with E-state index in [-0.39, 0.29) is 17.1 Å². The molecule has 0 radical (unpaired) electrons. The van der Waals surface area contributed by atoms with E-state index < -0.39 is 6.04 Å². The minimum absolute atomic E-state index is 0.0430. The van der Waals surface area contributed by atoms with Crippen LogP contribution in [0.15, 0.2) is 54.6 Å². The lowest BCUT2D eigenvalue weighted by atomic mass is 9.86. The summed E-state index contributed by atoms with van der Waals surface area (Å²) in [6.07, 6.45) is 0.502. The van der Waals surface area contributed by atoms with Crippen molar-refractivity contribution in [2.45, 2.75) is 45.6 Å². The summed E-state index contributed by atoms with van der Waals surface area (Å²) >= 11 is 0. The zero-order chi connectivity index (χ0) is 17.7. The van der Waals surface area contributed by atoms with Crippen LogP contribution >= 0.6 is 0 Å². The minimum Gasteiger partial charge on any atom is -0.342 e. The lowest BCUT2D eigenvalue weighted by molar-refractivity contribution is -0.118. The van der Waals surface area contributed by atoms with Gasteiger partial charge in [-0.05, 0) is 42.0 Å². The molecule has 0 fully saturated rings. The monoisotopic (exact) mass is 323 g/mol. The zero-order valence-corrected chi connectivity index (χ0v) is 14.8. The first-order valence-electron chi connectivity index (χ1n) is 8.23. The molecule has 1 N–H and O–H groups in total. The summed E-state index contributed by atoms with van der Waals surface area (Å²) < 4.78 is 0. The van der Waals surface area contributed by atoms with Crippen molar-refractivity contribution in [1.82, 2.24) is 5.32 Å². The number of hydrogen-bond acceptors (Lipinski definition) is 2. The quantitative estimate of drug-likeness (QED) is 0.906. The van der Waals surface area contributed by atoms with Gasteiger partial charge in [0.15, 0.2) is 5.78 Å². The molecule has 0 aliphatic heterocycles. The Bertz CT molecular complexity index is 697. The van der Waals surface area contributed by atoms with Gasteiger partial charge in [0.05, 0.1) is 6.04 Å². The number of hydrogen-bond donors (Lipinski definition) is 1. The Morgan fingerprint density at radius 3 is 2.04 bits per heavy atom. The fraction of sp³-hybridized carbons (Fsp3) is 0.333. The van der Waals surface area contributed by atoms with E-state index in [1.54, 1.807) is 0 Å². The highest BCUT2D eigenvalue weighted by Crippen LogP contribution is 2.22. The Morgan fingerprint density at radius 2 is 1.54 bits per heavy atom.